The molecule has 0 aliphatic carbocycles. The number of para-hydroxylation sites is 1. The van der Waals surface area contributed by atoms with Gasteiger partial charge in [-0.15, -0.1) is 0 Å². The highest BCUT2D eigenvalue weighted by Gasteiger charge is 2.20. The maximum absolute atomic E-state index is 6.52. The largest absolute Gasteiger partial charge is 0.381 e. The van der Waals surface area contributed by atoms with Crippen molar-refractivity contribution < 1.29 is 9.26 Å². The van der Waals surface area contributed by atoms with Crippen molar-refractivity contribution >= 4 is 22.5 Å². The Morgan fingerprint density at radius 2 is 2.16 bits per heavy atom. The Morgan fingerprint density at radius 1 is 1.32 bits per heavy atom. The van der Waals surface area contributed by atoms with Crippen LogP contribution in [0.2, 0.25) is 5.02 Å². The molecule has 1 N–H and O–H groups in total. The van der Waals surface area contributed by atoms with Gasteiger partial charge in [-0.05, 0) is 31.9 Å². The number of fused-ring (bicyclic) bond motifs is 1. The second-order valence-corrected chi connectivity index (χ2v) is 6.84. The SMILES string of the molecule is CNCc1nc(-c2cn(CC3CCOCC3)c3c(Cl)cccc23)no1. The van der Waals surface area contributed by atoms with Gasteiger partial charge in [-0.1, -0.05) is 28.9 Å². The van der Waals surface area contributed by atoms with Gasteiger partial charge in [-0.25, -0.2) is 0 Å². The predicted molar refractivity (Wildman–Crippen MR) is 96.5 cm³/mol. The van der Waals surface area contributed by atoms with Crippen molar-refractivity contribution in [2.24, 2.45) is 5.92 Å². The summed E-state index contributed by atoms with van der Waals surface area (Å²) in [6.07, 6.45) is 4.25. The molecule has 3 heterocycles. The molecule has 7 heteroatoms. The van der Waals surface area contributed by atoms with Gasteiger partial charge < -0.3 is 19.1 Å². The summed E-state index contributed by atoms with van der Waals surface area (Å²) in [5.74, 6) is 1.77. The van der Waals surface area contributed by atoms with E-state index in [9.17, 15) is 0 Å². The van der Waals surface area contributed by atoms with Crippen molar-refractivity contribution in [1.82, 2.24) is 20.0 Å². The number of halogens is 1. The van der Waals surface area contributed by atoms with Crippen LogP contribution in [0, 0.1) is 5.92 Å². The zero-order valence-electron chi connectivity index (χ0n) is 14.2. The van der Waals surface area contributed by atoms with Crippen molar-refractivity contribution in [3.8, 4) is 11.4 Å². The Balaban J connectivity index is 1.75. The van der Waals surface area contributed by atoms with Gasteiger partial charge >= 0.3 is 0 Å². The number of nitrogens with one attached hydrogen (secondary N) is 1. The van der Waals surface area contributed by atoms with Gasteiger partial charge in [0, 0.05) is 36.9 Å². The monoisotopic (exact) mass is 360 g/mol. The third-order valence-electron chi connectivity index (χ3n) is 4.68. The zero-order valence-corrected chi connectivity index (χ0v) is 14.9. The number of nitrogens with zero attached hydrogens (tertiary/aromatic N) is 3. The Kier molecular flexibility index (Phi) is 4.74. The normalized spacial score (nSPS) is 15.9. The fraction of sp³-hybridized carbons (Fsp3) is 0.444. The molecule has 0 spiro atoms. The fourth-order valence-electron chi connectivity index (χ4n) is 3.43. The van der Waals surface area contributed by atoms with E-state index in [0.29, 0.717) is 24.2 Å². The van der Waals surface area contributed by atoms with Crippen LogP contribution < -0.4 is 5.32 Å². The first kappa shape index (κ1) is 16.6. The number of hydrogen-bond acceptors (Lipinski definition) is 5. The van der Waals surface area contributed by atoms with E-state index in [-0.39, 0.29) is 0 Å². The van der Waals surface area contributed by atoms with E-state index in [1.165, 1.54) is 0 Å². The molecule has 3 aromatic rings. The third kappa shape index (κ3) is 3.29. The van der Waals surface area contributed by atoms with E-state index in [1.807, 2.05) is 19.2 Å². The van der Waals surface area contributed by atoms with Gasteiger partial charge in [0.05, 0.1) is 17.1 Å². The van der Waals surface area contributed by atoms with E-state index < -0.39 is 0 Å². The molecule has 1 fully saturated rings. The molecule has 1 aliphatic heterocycles. The molecule has 0 amide bonds. The molecular formula is C18H21ClN4O2. The molecular weight excluding hydrogens is 340 g/mol. The Hall–Kier alpha value is -1.89. The first-order valence-electron chi connectivity index (χ1n) is 8.59. The van der Waals surface area contributed by atoms with E-state index in [0.717, 1.165) is 54.1 Å². The molecule has 1 aromatic carbocycles. The molecule has 4 rings (SSSR count). The molecule has 25 heavy (non-hydrogen) atoms. The molecule has 2 aromatic heterocycles. The zero-order chi connectivity index (χ0) is 17.2. The van der Waals surface area contributed by atoms with Crippen LogP contribution in [-0.4, -0.2) is 35.0 Å². The van der Waals surface area contributed by atoms with Crippen LogP contribution in [0.5, 0.6) is 0 Å². The van der Waals surface area contributed by atoms with Crippen molar-refractivity contribution in [2.75, 3.05) is 20.3 Å². The van der Waals surface area contributed by atoms with E-state index in [1.54, 1.807) is 0 Å². The van der Waals surface area contributed by atoms with E-state index >= 15 is 0 Å². The topological polar surface area (TPSA) is 65.1 Å². The second kappa shape index (κ2) is 7.15. The van der Waals surface area contributed by atoms with Gasteiger partial charge in [0.15, 0.2) is 0 Å². The molecule has 0 unspecified atom stereocenters. The lowest BCUT2D eigenvalue weighted by Crippen LogP contribution is -2.20. The molecule has 132 valence electrons. The first-order valence-corrected chi connectivity index (χ1v) is 8.96. The lowest BCUT2D eigenvalue weighted by atomic mass is 10.0. The Morgan fingerprint density at radius 3 is 2.96 bits per heavy atom. The summed E-state index contributed by atoms with van der Waals surface area (Å²) in [5.41, 5.74) is 1.99. The second-order valence-electron chi connectivity index (χ2n) is 6.43. The number of hydrogen-bond donors (Lipinski definition) is 1. The third-order valence-corrected chi connectivity index (χ3v) is 4.99. The maximum atomic E-state index is 6.52. The molecule has 1 saturated heterocycles. The smallest absolute Gasteiger partial charge is 0.240 e. The maximum Gasteiger partial charge on any atom is 0.240 e. The minimum Gasteiger partial charge on any atom is -0.381 e. The van der Waals surface area contributed by atoms with Crippen LogP contribution in [0.1, 0.15) is 18.7 Å². The van der Waals surface area contributed by atoms with E-state index in [4.69, 9.17) is 20.9 Å². The Bertz CT molecular complexity index is 867. The minimum absolute atomic E-state index is 0.550. The van der Waals surface area contributed by atoms with Gasteiger partial charge in [0.25, 0.3) is 0 Å². The molecule has 0 saturated carbocycles. The van der Waals surface area contributed by atoms with Gasteiger partial charge in [0.1, 0.15) is 0 Å². The van der Waals surface area contributed by atoms with Crippen molar-refractivity contribution in [3.05, 3.63) is 35.3 Å². The summed E-state index contributed by atoms with van der Waals surface area (Å²) in [6, 6.07) is 5.95. The average molecular weight is 361 g/mol. The summed E-state index contributed by atoms with van der Waals surface area (Å²) < 4.78 is 13.0. The van der Waals surface area contributed by atoms with Crippen LogP contribution in [-0.2, 0) is 17.8 Å². The summed E-state index contributed by atoms with van der Waals surface area (Å²) in [5, 5.41) is 8.96. The summed E-state index contributed by atoms with van der Waals surface area (Å²) in [4.78, 5) is 4.49. The molecule has 0 radical (unpaired) electrons. The highest BCUT2D eigenvalue weighted by molar-refractivity contribution is 6.35. The quantitative estimate of drug-likeness (QED) is 0.754. The molecule has 1 aliphatic rings. The highest BCUT2D eigenvalue weighted by Crippen LogP contribution is 2.34. The standard InChI is InChI=1S/C18H21ClN4O2/c1-20-9-16-21-18(22-25-16)14-11-23(10-12-5-7-24-8-6-12)17-13(14)3-2-4-15(17)19/h2-4,11-12,20H,5-10H2,1H3. The predicted octanol–water partition coefficient (Wildman–Crippen LogP) is 3.49. The first-order chi connectivity index (χ1) is 12.3. The Labute approximate surface area is 151 Å². The molecule has 6 nitrogen and oxygen atoms in total. The van der Waals surface area contributed by atoms with Crippen LogP contribution in [0.3, 0.4) is 0 Å². The lowest BCUT2D eigenvalue weighted by Gasteiger charge is -2.23. The summed E-state index contributed by atoms with van der Waals surface area (Å²) in [6.45, 7) is 3.14. The minimum atomic E-state index is 0.550. The van der Waals surface area contributed by atoms with Crippen LogP contribution >= 0.6 is 11.6 Å². The summed E-state index contributed by atoms with van der Waals surface area (Å²) in [7, 11) is 1.85. The summed E-state index contributed by atoms with van der Waals surface area (Å²) >= 11 is 6.52. The molecule has 0 bridgehead atoms. The van der Waals surface area contributed by atoms with Crippen LogP contribution in [0.4, 0.5) is 0 Å². The van der Waals surface area contributed by atoms with Crippen LogP contribution in [0.25, 0.3) is 22.3 Å². The van der Waals surface area contributed by atoms with Crippen molar-refractivity contribution in [1.29, 1.82) is 0 Å². The van der Waals surface area contributed by atoms with Gasteiger partial charge in [0.2, 0.25) is 11.7 Å². The number of rotatable bonds is 5. The van der Waals surface area contributed by atoms with E-state index in [2.05, 4.69) is 32.3 Å². The highest BCUT2D eigenvalue weighted by atomic mass is 35.5. The van der Waals surface area contributed by atoms with Crippen LogP contribution in [0.15, 0.2) is 28.9 Å². The van der Waals surface area contributed by atoms with Gasteiger partial charge in [-0.3, -0.25) is 0 Å². The van der Waals surface area contributed by atoms with Crippen molar-refractivity contribution in [2.45, 2.75) is 25.9 Å². The average Bonchev–Trinajstić information content (AvgIpc) is 3.22. The lowest BCUT2D eigenvalue weighted by molar-refractivity contribution is 0.0616. The number of ether oxygens (including phenoxy) is 1. The van der Waals surface area contributed by atoms with Gasteiger partial charge in [-0.2, -0.15) is 4.98 Å². The fourth-order valence-corrected chi connectivity index (χ4v) is 3.71. The molecule has 0 atom stereocenters. The number of benzene rings is 1. The number of aromatic nitrogens is 3. The van der Waals surface area contributed by atoms with Crippen molar-refractivity contribution in [3.63, 3.8) is 0 Å².